The number of amides is 1. The predicted octanol–water partition coefficient (Wildman–Crippen LogP) is 3.39. The first-order chi connectivity index (χ1) is 19.6. The average molecular weight is 538 g/mol. The molecule has 3 aromatic rings. The Kier molecular flexibility index (Phi) is 7.27. The first-order valence-corrected chi connectivity index (χ1v) is 14.1. The van der Waals surface area contributed by atoms with Gasteiger partial charge in [-0.05, 0) is 50.4 Å². The third-order valence-corrected chi connectivity index (χ3v) is 8.49. The van der Waals surface area contributed by atoms with Crippen LogP contribution < -0.4 is 14.5 Å². The Labute approximate surface area is 235 Å². The topological polar surface area (TPSA) is 88.8 Å². The lowest BCUT2D eigenvalue weighted by molar-refractivity contribution is -0.126. The van der Waals surface area contributed by atoms with Crippen LogP contribution in [-0.4, -0.2) is 84.1 Å². The molecule has 2 fully saturated rings. The van der Waals surface area contributed by atoms with E-state index in [0.717, 1.165) is 43.0 Å². The van der Waals surface area contributed by atoms with Gasteiger partial charge in [0.05, 0.1) is 24.9 Å². The molecular formula is C31H35N7O2. The fraction of sp³-hybridized carbons (Fsp3) is 0.419. The van der Waals surface area contributed by atoms with E-state index in [-0.39, 0.29) is 5.91 Å². The van der Waals surface area contributed by atoms with Gasteiger partial charge >= 0.3 is 6.01 Å². The zero-order chi connectivity index (χ0) is 27.6. The standard InChI is InChI=1S/C31H35N7O2/c1-3-29(39)37-16-17-38(24(18-32)19-37)30-26-13-15-36(28-12-6-9-22-8-4-5-11-25(22)28)20-27(26)33-31(34-30)40-21-23-10-7-14-35(23)2/h3-6,8-9,11-12,23-24H,1,7,10,13-17,19-21H2,2H3/t23?,24-/m0/s1. The van der Waals surface area contributed by atoms with E-state index in [1.54, 1.807) is 4.90 Å². The second-order valence-corrected chi connectivity index (χ2v) is 10.8. The molecule has 1 unspecified atom stereocenters. The molecule has 9 nitrogen and oxygen atoms in total. The van der Waals surface area contributed by atoms with Gasteiger partial charge < -0.3 is 24.3 Å². The van der Waals surface area contributed by atoms with Crippen LogP contribution in [0.5, 0.6) is 6.01 Å². The molecule has 6 rings (SSSR count). The number of carbonyl (C=O) groups is 1. The zero-order valence-corrected chi connectivity index (χ0v) is 23.0. The number of nitrogens with zero attached hydrogens (tertiary/aromatic N) is 7. The first-order valence-electron chi connectivity index (χ1n) is 14.1. The maximum Gasteiger partial charge on any atom is 0.318 e. The second kappa shape index (κ2) is 11.1. The summed E-state index contributed by atoms with van der Waals surface area (Å²) < 4.78 is 6.24. The normalized spacial score (nSPS) is 21.2. The number of hydrogen-bond acceptors (Lipinski definition) is 8. The molecule has 206 valence electrons. The van der Waals surface area contributed by atoms with Crippen molar-refractivity contribution in [3.8, 4) is 12.1 Å². The Hall–Kier alpha value is -4.16. The van der Waals surface area contributed by atoms with Gasteiger partial charge in [0.1, 0.15) is 18.5 Å². The molecule has 4 heterocycles. The minimum Gasteiger partial charge on any atom is -0.462 e. The summed E-state index contributed by atoms with van der Waals surface area (Å²) in [6.45, 7) is 7.99. The third kappa shape index (κ3) is 4.95. The summed E-state index contributed by atoms with van der Waals surface area (Å²) in [4.78, 5) is 30.5. The van der Waals surface area contributed by atoms with Crippen molar-refractivity contribution < 1.29 is 9.53 Å². The van der Waals surface area contributed by atoms with Gasteiger partial charge in [0.25, 0.3) is 0 Å². The lowest BCUT2D eigenvalue weighted by Gasteiger charge is -2.40. The van der Waals surface area contributed by atoms with Gasteiger partial charge in [-0.2, -0.15) is 15.2 Å². The smallest absolute Gasteiger partial charge is 0.318 e. The van der Waals surface area contributed by atoms with E-state index < -0.39 is 6.04 Å². The molecule has 0 aliphatic carbocycles. The molecule has 1 aromatic heterocycles. The van der Waals surface area contributed by atoms with Crippen LogP contribution in [0.2, 0.25) is 0 Å². The molecule has 0 bridgehead atoms. The van der Waals surface area contributed by atoms with Crippen LogP contribution in [0, 0.1) is 11.3 Å². The summed E-state index contributed by atoms with van der Waals surface area (Å²) in [5.74, 6) is 0.606. The van der Waals surface area contributed by atoms with Gasteiger partial charge in [0.15, 0.2) is 0 Å². The minimum atomic E-state index is -0.512. The Morgan fingerprint density at radius 2 is 2.00 bits per heavy atom. The molecule has 1 amide bonds. The van der Waals surface area contributed by atoms with Crippen molar-refractivity contribution in [1.82, 2.24) is 19.8 Å². The molecule has 0 N–H and O–H groups in total. The Morgan fingerprint density at radius 3 is 2.80 bits per heavy atom. The van der Waals surface area contributed by atoms with E-state index in [1.807, 2.05) is 4.90 Å². The zero-order valence-electron chi connectivity index (χ0n) is 23.0. The van der Waals surface area contributed by atoms with Crippen molar-refractivity contribution in [2.75, 3.05) is 56.2 Å². The number of rotatable bonds is 6. The van der Waals surface area contributed by atoms with Gasteiger partial charge in [-0.1, -0.05) is 43.0 Å². The molecule has 0 saturated carbocycles. The number of likely N-dealkylation sites (tertiary alicyclic amines) is 1. The van der Waals surface area contributed by atoms with E-state index >= 15 is 0 Å². The SMILES string of the molecule is C=CC(=O)N1CCN(c2nc(OCC3CCCN3C)nc3c2CCN(c2cccc4ccccc24)C3)[C@@H](C#N)C1. The number of piperazine rings is 1. The van der Waals surface area contributed by atoms with E-state index in [1.165, 1.54) is 29.0 Å². The Morgan fingerprint density at radius 1 is 1.15 bits per heavy atom. The molecule has 0 spiro atoms. The average Bonchev–Trinajstić information content (AvgIpc) is 3.42. The maximum atomic E-state index is 12.3. The highest BCUT2D eigenvalue weighted by Gasteiger charge is 2.34. The van der Waals surface area contributed by atoms with Crippen molar-refractivity contribution in [3.63, 3.8) is 0 Å². The van der Waals surface area contributed by atoms with Crippen LogP contribution in [0.15, 0.2) is 55.1 Å². The minimum absolute atomic E-state index is 0.153. The number of anilines is 2. The molecule has 40 heavy (non-hydrogen) atoms. The highest BCUT2D eigenvalue weighted by atomic mass is 16.5. The van der Waals surface area contributed by atoms with Crippen LogP contribution in [0.3, 0.4) is 0 Å². The maximum absolute atomic E-state index is 12.3. The predicted molar refractivity (Wildman–Crippen MR) is 155 cm³/mol. The van der Waals surface area contributed by atoms with Crippen LogP contribution in [0.1, 0.15) is 24.1 Å². The number of likely N-dealkylation sites (N-methyl/N-ethyl adjacent to an activating group) is 1. The summed E-state index contributed by atoms with van der Waals surface area (Å²) in [5, 5.41) is 12.5. The van der Waals surface area contributed by atoms with Crippen molar-refractivity contribution in [2.24, 2.45) is 0 Å². The molecule has 2 aromatic carbocycles. The Balaban J connectivity index is 1.34. The number of benzene rings is 2. The van der Waals surface area contributed by atoms with Crippen LogP contribution in [0.4, 0.5) is 11.5 Å². The van der Waals surface area contributed by atoms with E-state index in [9.17, 15) is 10.1 Å². The number of carbonyl (C=O) groups excluding carboxylic acids is 1. The third-order valence-electron chi connectivity index (χ3n) is 8.49. The number of aromatic nitrogens is 2. The van der Waals surface area contributed by atoms with Gasteiger partial charge in [-0.3, -0.25) is 4.79 Å². The molecule has 3 aliphatic heterocycles. The lowest BCUT2D eigenvalue weighted by atomic mass is 10.0. The van der Waals surface area contributed by atoms with Crippen LogP contribution >= 0.6 is 0 Å². The van der Waals surface area contributed by atoms with Gasteiger partial charge in [-0.15, -0.1) is 0 Å². The van der Waals surface area contributed by atoms with Crippen molar-refractivity contribution in [2.45, 2.75) is 37.9 Å². The summed E-state index contributed by atoms with van der Waals surface area (Å²) in [6, 6.07) is 17.5. The molecule has 0 radical (unpaired) electrons. The van der Waals surface area contributed by atoms with Crippen molar-refractivity contribution in [3.05, 3.63) is 66.4 Å². The van der Waals surface area contributed by atoms with Crippen molar-refractivity contribution in [1.29, 1.82) is 5.26 Å². The van der Waals surface area contributed by atoms with E-state index in [4.69, 9.17) is 14.7 Å². The number of nitriles is 1. The summed E-state index contributed by atoms with van der Waals surface area (Å²) in [7, 11) is 2.13. The quantitative estimate of drug-likeness (QED) is 0.442. The second-order valence-electron chi connectivity index (χ2n) is 10.8. The fourth-order valence-electron chi connectivity index (χ4n) is 6.22. The fourth-order valence-corrected chi connectivity index (χ4v) is 6.22. The highest BCUT2D eigenvalue weighted by Crippen LogP contribution is 2.35. The van der Waals surface area contributed by atoms with Gasteiger partial charge in [0.2, 0.25) is 5.91 Å². The lowest BCUT2D eigenvalue weighted by Crippen LogP contribution is -2.54. The number of fused-ring (bicyclic) bond motifs is 2. The van der Waals surface area contributed by atoms with Crippen LogP contribution in [-0.2, 0) is 17.8 Å². The Bertz CT molecular complexity index is 1460. The first kappa shape index (κ1) is 26.1. The number of ether oxygens (including phenoxy) is 1. The molecule has 9 heteroatoms. The number of hydrogen-bond donors (Lipinski definition) is 0. The summed E-state index contributed by atoms with van der Waals surface area (Å²) in [6.07, 6.45) is 4.32. The van der Waals surface area contributed by atoms with E-state index in [2.05, 4.69) is 72.0 Å². The molecule has 2 atom stereocenters. The summed E-state index contributed by atoms with van der Waals surface area (Å²) in [5.41, 5.74) is 3.18. The van der Waals surface area contributed by atoms with Gasteiger partial charge in [0, 0.05) is 42.3 Å². The van der Waals surface area contributed by atoms with Crippen molar-refractivity contribution >= 4 is 28.2 Å². The summed E-state index contributed by atoms with van der Waals surface area (Å²) >= 11 is 0. The monoisotopic (exact) mass is 537 g/mol. The van der Waals surface area contributed by atoms with E-state index in [0.29, 0.717) is 44.8 Å². The molecular weight excluding hydrogens is 502 g/mol. The highest BCUT2D eigenvalue weighted by molar-refractivity contribution is 5.94. The van der Waals surface area contributed by atoms with Crippen LogP contribution in [0.25, 0.3) is 10.8 Å². The molecule has 3 aliphatic rings. The largest absolute Gasteiger partial charge is 0.462 e. The molecule has 2 saturated heterocycles. The van der Waals surface area contributed by atoms with Gasteiger partial charge in [-0.25, -0.2) is 0 Å².